The van der Waals surface area contributed by atoms with Crippen LogP contribution in [0.25, 0.3) is 16.3 Å². The first kappa shape index (κ1) is 20.0. The Kier molecular flexibility index (Phi) is 6.85. The fraction of sp³-hybridized carbons (Fsp3) is 0.421. The molecule has 3 N–H and O–H groups in total. The van der Waals surface area contributed by atoms with Gasteiger partial charge in [0, 0.05) is 29.5 Å². The van der Waals surface area contributed by atoms with E-state index in [2.05, 4.69) is 27.5 Å². The molecular weight excluding hydrogens is 341 g/mol. The summed E-state index contributed by atoms with van der Waals surface area (Å²) in [5.74, 6) is 0.421. The standard InChI is InChI=1S/C19H25F3N4/c1-4-9-25-17-12-15-14(18(26-17)13(2)19(20,21)22)7-5-8-16(15)24-11-6-10-23-3/h5,7-8,12,23-24H,2,4,6,9-11H2,1,3H3,(H,25,26). The molecule has 4 nitrogen and oxygen atoms in total. The molecule has 0 spiro atoms. The van der Waals surface area contributed by atoms with Gasteiger partial charge >= 0.3 is 6.18 Å². The third kappa shape index (κ3) is 4.88. The molecule has 7 heteroatoms. The highest BCUT2D eigenvalue weighted by Crippen LogP contribution is 2.37. The van der Waals surface area contributed by atoms with Crippen molar-refractivity contribution in [1.82, 2.24) is 10.3 Å². The van der Waals surface area contributed by atoms with Gasteiger partial charge in [-0.15, -0.1) is 0 Å². The van der Waals surface area contributed by atoms with E-state index in [9.17, 15) is 13.2 Å². The lowest BCUT2D eigenvalue weighted by atomic mass is 10.0. The highest BCUT2D eigenvalue weighted by atomic mass is 19.4. The Bertz CT molecular complexity index is 756. The molecule has 0 aliphatic carbocycles. The quantitative estimate of drug-likeness (QED) is 0.565. The molecule has 0 bridgehead atoms. The van der Waals surface area contributed by atoms with E-state index in [-0.39, 0.29) is 5.69 Å². The topological polar surface area (TPSA) is 49.0 Å². The number of hydrogen-bond acceptors (Lipinski definition) is 4. The normalized spacial score (nSPS) is 11.6. The Morgan fingerprint density at radius 1 is 1.12 bits per heavy atom. The van der Waals surface area contributed by atoms with E-state index in [1.165, 1.54) is 0 Å². The Balaban J connectivity index is 2.50. The molecule has 1 heterocycles. The van der Waals surface area contributed by atoms with Crippen molar-refractivity contribution >= 4 is 27.9 Å². The van der Waals surface area contributed by atoms with Gasteiger partial charge in [-0.05, 0) is 38.6 Å². The molecule has 0 unspecified atom stereocenters. The molecule has 0 atom stereocenters. The number of alkyl halides is 3. The number of halogens is 3. The predicted octanol–water partition coefficient (Wildman–Crippen LogP) is 4.65. The van der Waals surface area contributed by atoms with E-state index in [1.807, 2.05) is 20.0 Å². The number of fused-ring (bicyclic) bond motifs is 1. The number of nitrogens with zero attached hydrogens (tertiary/aromatic N) is 1. The zero-order valence-electron chi connectivity index (χ0n) is 15.1. The second-order valence-corrected chi connectivity index (χ2v) is 6.04. The number of allylic oxidation sites excluding steroid dienone is 1. The Morgan fingerprint density at radius 2 is 1.88 bits per heavy atom. The minimum Gasteiger partial charge on any atom is -0.384 e. The van der Waals surface area contributed by atoms with Crippen molar-refractivity contribution in [2.75, 3.05) is 37.3 Å². The third-order valence-corrected chi connectivity index (χ3v) is 3.98. The number of anilines is 2. The maximum absolute atomic E-state index is 13.3. The molecular formula is C19H25F3N4. The summed E-state index contributed by atoms with van der Waals surface area (Å²) in [6, 6.07) is 7.04. The first-order valence-corrected chi connectivity index (χ1v) is 8.71. The molecule has 2 aromatic rings. The van der Waals surface area contributed by atoms with E-state index in [0.717, 1.165) is 31.6 Å². The fourth-order valence-electron chi connectivity index (χ4n) is 2.63. The molecule has 2 rings (SSSR count). The molecule has 1 aromatic heterocycles. The SMILES string of the molecule is C=C(c1nc(NCCC)cc2c(NCCCNC)cccc12)C(F)(F)F. The minimum absolute atomic E-state index is 0.132. The van der Waals surface area contributed by atoms with Gasteiger partial charge in [0.15, 0.2) is 0 Å². The summed E-state index contributed by atoms with van der Waals surface area (Å²) in [7, 11) is 1.88. The van der Waals surface area contributed by atoms with Crippen LogP contribution in [0.3, 0.4) is 0 Å². The molecule has 142 valence electrons. The smallest absolute Gasteiger partial charge is 0.384 e. The lowest BCUT2D eigenvalue weighted by Crippen LogP contribution is -2.14. The van der Waals surface area contributed by atoms with Crippen LogP contribution in [0.4, 0.5) is 24.7 Å². The average Bonchev–Trinajstić information content (AvgIpc) is 2.61. The first-order chi connectivity index (χ1) is 12.4. The summed E-state index contributed by atoms with van der Waals surface area (Å²) < 4.78 is 39.8. The molecule has 0 aliphatic rings. The van der Waals surface area contributed by atoms with E-state index in [0.29, 0.717) is 23.1 Å². The first-order valence-electron chi connectivity index (χ1n) is 8.71. The van der Waals surface area contributed by atoms with Crippen LogP contribution >= 0.6 is 0 Å². The van der Waals surface area contributed by atoms with E-state index in [4.69, 9.17) is 0 Å². The van der Waals surface area contributed by atoms with E-state index in [1.54, 1.807) is 18.2 Å². The molecule has 0 saturated heterocycles. The monoisotopic (exact) mass is 366 g/mol. The number of hydrogen-bond donors (Lipinski definition) is 3. The zero-order chi connectivity index (χ0) is 19.2. The molecule has 1 aromatic carbocycles. The van der Waals surface area contributed by atoms with Gasteiger partial charge in [0.25, 0.3) is 0 Å². The summed E-state index contributed by atoms with van der Waals surface area (Å²) in [6.45, 7) is 7.44. The number of nitrogens with one attached hydrogen (secondary N) is 3. The van der Waals surface area contributed by atoms with Crippen molar-refractivity contribution in [3.05, 3.63) is 36.5 Å². The van der Waals surface area contributed by atoms with Crippen LogP contribution in [0.2, 0.25) is 0 Å². The summed E-state index contributed by atoms with van der Waals surface area (Å²) >= 11 is 0. The molecule has 0 saturated carbocycles. The summed E-state index contributed by atoms with van der Waals surface area (Å²) in [5.41, 5.74) is -0.278. The average molecular weight is 366 g/mol. The lowest BCUT2D eigenvalue weighted by molar-refractivity contribution is -0.0688. The van der Waals surface area contributed by atoms with Crippen molar-refractivity contribution in [2.45, 2.75) is 25.9 Å². The molecule has 0 aliphatic heterocycles. The number of aromatic nitrogens is 1. The molecule has 0 amide bonds. The predicted molar refractivity (Wildman–Crippen MR) is 103 cm³/mol. The Hall–Kier alpha value is -2.28. The van der Waals surface area contributed by atoms with Gasteiger partial charge in [-0.1, -0.05) is 25.6 Å². The molecule has 26 heavy (non-hydrogen) atoms. The highest BCUT2D eigenvalue weighted by molar-refractivity contribution is 6.01. The number of rotatable bonds is 9. The van der Waals surface area contributed by atoms with Gasteiger partial charge in [-0.3, -0.25) is 0 Å². The Morgan fingerprint density at radius 3 is 2.54 bits per heavy atom. The minimum atomic E-state index is -4.53. The van der Waals surface area contributed by atoms with Crippen LogP contribution in [0, 0.1) is 0 Å². The Labute approximate surface area is 151 Å². The van der Waals surface area contributed by atoms with E-state index < -0.39 is 11.7 Å². The van der Waals surface area contributed by atoms with Gasteiger partial charge in [0.2, 0.25) is 0 Å². The van der Waals surface area contributed by atoms with Crippen molar-refractivity contribution < 1.29 is 13.2 Å². The van der Waals surface area contributed by atoms with Gasteiger partial charge in [0.1, 0.15) is 5.82 Å². The van der Waals surface area contributed by atoms with Gasteiger partial charge in [-0.2, -0.15) is 13.2 Å². The maximum Gasteiger partial charge on any atom is 0.417 e. The number of benzene rings is 1. The maximum atomic E-state index is 13.3. The van der Waals surface area contributed by atoms with Crippen molar-refractivity contribution in [3.8, 4) is 0 Å². The zero-order valence-corrected chi connectivity index (χ0v) is 15.1. The van der Waals surface area contributed by atoms with Crippen molar-refractivity contribution in [2.24, 2.45) is 0 Å². The summed E-state index contributed by atoms with van der Waals surface area (Å²) in [4.78, 5) is 4.19. The van der Waals surface area contributed by atoms with Crippen LogP contribution in [-0.2, 0) is 0 Å². The van der Waals surface area contributed by atoms with Crippen LogP contribution in [0.15, 0.2) is 30.8 Å². The van der Waals surface area contributed by atoms with Crippen molar-refractivity contribution in [3.63, 3.8) is 0 Å². The summed E-state index contributed by atoms with van der Waals surface area (Å²) in [5, 5.41) is 10.6. The van der Waals surface area contributed by atoms with E-state index >= 15 is 0 Å². The highest BCUT2D eigenvalue weighted by Gasteiger charge is 2.35. The lowest BCUT2D eigenvalue weighted by Gasteiger charge is -2.17. The fourth-order valence-corrected chi connectivity index (χ4v) is 2.63. The second-order valence-electron chi connectivity index (χ2n) is 6.04. The van der Waals surface area contributed by atoms with Crippen LogP contribution in [0.5, 0.6) is 0 Å². The van der Waals surface area contributed by atoms with Crippen LogP contribution < -0.4 is 16.0 Å². The largest absolute Gasteiger partial charge is 0.417 e. The molecule has 0 radical (unpaired) electrons. The van der Waals surface area contributed by atoms with Gasteiger partial charge in [-0.25, -0.2) is 4.98 Å². The van der Waals surface area contributed by atoms with Crippen molar-refractivity contribution in [1.29, 1.82) is 0 Å². The number of pyridine rings is 1. The third-order valence-electron chi connectivity index (χ3n) is 3.98. The van der Waals surface area contributed by atoms with Crippen LogP contribution in [-0.4, -0.2) is 37.8 Å². The summed E-state index contributed by atoms with van der Waals surface area (Å²) in [6.07, 6.45) is -2.78. The molecule has 0 fully saturated rings. The van der Waals surface area contributed by atoms with Gasteiger partial charge < -0.3 is 16.0 Å². The second kappa shape index (κ2) is 8.89. The van der Waals surface area contributed by atoms with Gasteiger partial charge in [0.05, 0.1) is 11.3 Å². The van der Waals surface area contributed by atoms with Crippen LogP contribution in [0.1, 0.15) is 25.5 Å².